The fourth-order valence-electron chi connectivity index (χ4n) is 2.76. The van der Waals surface area contributed by atoms with E-state index in [1.165, 1.54) is 0 Å². The summed E-state index contributed by atoms with van der Waals surface area (Å²) in [4.78, 5) is 13.7. The van der Waals surface area contributed by atoms with Gasteiger partial charge in [0.2, 0.25) is 5.95 Å². The Morgan fingerprint density at radius 2 is 1.96 bits per heavy atom. The van der Waals surface area contributed by atoms with Crippen LogP contribution in [0.3, 0.4) is 0 Å². The molecule has 1 aliphatic heterocycles. The summed E-state index contributed by atoms with van der Waals surface area (Å²) in [6.45, 7) is 6.28. The van der Waals surface area contributed by atoms with Crippen molar-refractivity contribution in [3.63, 3.8) is 0 Å². The highest BCUT2D eigenvalue weighted by Crippen LogP contribution is 2.30. The van der Waals surface area contributed by atoms with Crippen LogP contribution in [0.5, 0.6) is 0 Å². The summed E-state index contributed by atoms with van der Waals surface area (Å²) < 4.78 is 40.2. The summed E-state index contributed by atoms with van der Waals surface area (Å²) >= 11 is 0. The Labute approximate surface area is 132 Å². The third-order valence-electron chi connectivity index (χ3n) is 3.89. The lowest BCUT2D eigenvalue weighted by atomic mass is 10.0. The average Bonchev–Trinajstić information content (AvgIpc) is 2.90. The first-order valence-electron chi connectivity index (χ1n) is 7.51. The monoisotopic (exact) mass is 325 g/mol. The standard InChI is InChI=1S/C15H18F3N5/c1-10(2)13-19-5-6-22(13)7-11-8-23(9-11)14-20-4-3-12(21-14)15(16,17)18/h3-6,10-11H,7-9H2,1-2H3. The molecule has 0 aromatic carbocycles. The Morgan fingerprint density at radius 1 is 1.22 bits per heavy atom. The molecule has 0 bridgehead atoms. The zero-order valence-corrected chi connectivity index (χ0v) is 13.0. The van der Waals surface area contributed by atoms with E-state index in [0.717, 1.165) is 24.6 Å². The first-order chi connectivity index (χ1) is 10.8. The molecule has 0 spiro atoms. The maximum atomic E-state index is 12.7. The van der Waals surface area contributed by atoms with Gasteiger partial charge in [0, 0.05) is 50.1 Å². The summed E-state index contributed by atoms with van der Waals surface area (Å²) in [5, 5.41) is 0. The van der Waals surface area contributed by atoms with E-state index in [9.17, 15) is 13.2 Å². The van der Waals surface area contributed by atoms with Crippen molar-refractivity contribution < 1.29 is 13.2 Å². The van der Waals surface area contributed by atoms with Crippen LogP contribution in [0.15, 0.2) is 24.7 Å². The first kappa shape index (κ1) is 15.8. The Kier molecular flexibility index (Phi) is 3.99. The minimum Gasteiger partial charge on any atom is -0.340 e. The molecule has 0 atom stereocenters. The minimum absolute atomic E-state index is 0.144. The van der Waals surface area contributed by atoms with Crippen molar-refractivity contribution in [2.75, 3.05) is 18.0 Å². The van der Waals surface area contributed by atoms with Gasteiger partial charge in [-0.25, -0.2) is 15.0 Å². The summed E-state index contributed by atoms with van der Waals surface area (Å²) in [6.07, 6.45) is 0.441. The summed E-state index contributed by atoms with van der Waals surface area (Å²) in [7, 11) is 0. The normalized spacial score (nSPS) is 16.0. The molecule has 5 nitrogen and oxygen atoms in total. The largest absolute Gasteiger partial charge is 0.433 e. The summed E-state index contributed by atoms with van der Waals surface area (Å²) in [6, 6.07) is 0.890. The van der Waals surface area contributed by atoms with Crippen molar-refractivity contribution in [1.29, 1.82) is 0 Å². The number of halogens is 3. The fourth-order valence-corrected chi connectivity index (χ4v) is 2.76. The molecular weight excluding hydrogens is 307 g/mol. The van der Waals surface area contributed by atoms with Crippen LogP contribution in [0.2, 0.25) is 0 Å². The summed E-state index contributed by atoms with van der Waals surface area (Å²) in [5.74, 6) is 1.87. The van der Waals surface area contributed by atoms with E-state index in [-0.39, 0.29) is 5.95 Å². The summed E-state index contributed by atoms with van der Waals surface area (Å²) in [5.41, 5.74) is -0.900. The molecule has 2 aromatic rings. The Balaban J connectivity index is 1.62. The van der Waals surface area contributed by atoms with Crippen molar-refractivity contribution in [3.8, 4) is 0 Å². The van der Waals surface area contributed by atoms with Crippen LogP contribution < -0.4 is 4.90 Å². The van der Waals surface area contributed by atoms with Gasteiger partial charge >= 0.3 is 6.18 Å². The molecule has 0 N–H and O–H groups in total. The van der Waals surface area contributed by atoms with Crippen LogP contribution in [-0.2, 0) is 12.7 Å². The second-order valence-electron chi connectivity index (χ2n) is 6.10. The predicted octanol–water partition coefficient (Wildman–Crippen LogP) is 2.95. The topological polar surface area (TPSA) is 46.8 Å². The highest BCUT2D eigenvalue weighted by molar-refractivity contribution is 5.34. The molecule has 124 valence electrons. The fraction of sp³-hybridized carbons (Fsp3) is 0.533. The van der Waals surface area contributed by atoms with Crippen LogP contribution in [0.1, 0.15) is 31.3 Å². The smallest absolute Gasteiger partial charge is 0.340 e. The molecule has 0 aliphatic carbocycles. The lowest BCUT2D eigenvalue weighted by molar-refractivity contribution is -0.141. The number of rotatable bonds is 4. The molecule has 0 radical (unpaired) electrons. The highest BCUT2D eigenvalue weighted by Gasteiger charge is 2.35. The number of hydrogen-bond donors (Lipinski definition) is 0. The van der Waals surface area contributed by atoms with Crippen molar-refractivity contribution in [2.45, 2.75) is 32.5 Å². The van der Waals surface area contributed by atoms with Crippen molar-refractivity contribution in [1.82, 2.24) is 19.5 Å². The van der Waals surface area contributed by atoms with Crippen LogP contribution in [-0.4, -0.2) is 32.6 Å². The molecule has 3 heterocycles. The van der Waals surface area contributed by atoms with Crippen LogP contribution in [0.4, 0.5) is 19.1 Å². The van der Waals surface area contributed by atoms with Gasteiger partial charge in [-0.05, 0) is 6.07 Å². The molecule has 3 rings (SSSR count). The van der Waals surface area contributed by atoms with Crippen LogP contribution in [0, 0.1) is 5.92 Å². The molecule has 1 saturated heterocycles. The van der Waals surface area contributed by atoms with E-state index >= 15 is 0 Å². The van der Waals surface area contributed by atoms with E-state index < -0.39 is 11.9 Å². The minimum atomic E-state index is -4.44. The van der Waals surface area contributed by atoms with E-state index in [1.54, 1.807) is 11.1 Å². The number of imidazole rings is 1. The Morgan fingerprint density at radius 3 is 2.61 bits per heavy atom. The second-order valence-corrected chi connectivity index (χ2v) is 6.10. The number of aromatic nitrogens is 4. The molecule has 1 aliphatic rings. The van der Waals surface area contributed by atoms with Gasteiger partial charge in [0.15, 0.2) is 0 Å². The predicted molar refractivity (Wildman–Crippen MR) is 79.1 cm³/mol. The van der Waals surface area contributed by atoms with Gasteiger partial charge in [-0.2, -0.15) is 13.2 Å². The molecule has 2 aromatic heterocycles. The highest BCUT2D eigenvalue weighted by atomic mass is 19.4. The van der Waals surface area contributed by atoms with Gasteiger partial charge in [0.25, 0.3) is 0 Å². The molecule has 0 amide bonds. The molecule has 0 saturated carbocycles. The van der Waals surface area contributed by atoms with Gasteiger partial charge in [0.05, 0.1) is 0 Å². The van der Waals surface area contributed by atoms with E-state index in [2.05, 4.69) is 33.4 Å². The Hall–Kier alpha value is -2.12. The van der Waals surface area contributed by atoms with Crippen LogP contribution >= 0.6 is 0 Å². The molecule has 0 unspecified atom stereocenters. The zero-order chi connectivity index (χ0) is 16.6. The number of nitrogens with zero attached hydrogens (tertiary/aromatic N) is 5. The zero-order valence-electron chi connectivity index (χ0n) is 13.0. The molecule has 23 heavy (non-hydrogen) atoms. The van der Waals surface area contributed by atoms with Gasteiger partial charge in [-0.15, -0.1) is 0 Å². The van der Waals surface area contributed by atoms with E-state index in [0.29, 0.717) is 24.9 Å². The maximum absolute atomic E-state index is 12.7. The lowest BCUT2D eigenvalue weighted by Crippen LogP contribution is -2.49. The number of anilines is 1. The van der Waals surface area contributed by atoms with Crippen molar-refractivity contribution in [3.05, 3.63) is 36.2 Å². The molecular formula is C15H18F3N5. The van der Waals surface area contributed by atoms with Gasteiger partial charge < -0.3 is 9.47 Å². The molecule has 8 heteroatoms. The van der Waals surface area contributed by atoms with Crippen LogP contribution in [0.25, 0.3) is 0 Å². The molecule has 1 fully saturated rings. The lowest BCUT2D eigenvalue weighted by Gasteiger charge is -2.39. The number of hydrogen-bond acceptors (Lipinski definition) is 4. The quantitative estimate of drug-likeness (QED) is 0.867. The second kappa shape index (κ2) is 5.82. The van der Waals surface area contributed by atoms with Gasteiger partial charge in [-0.1, -0.05) is 13.8 Å². The van der Waals surface area contributed by atoms with E-state index in [1.807, 2.05) is 6.20 Å². The first-order valence-corrected chi connectivity index (χ1v) is 7.51. The van der Waals surface area contributed by atoms with Gasteiger partial charge in [-0.3, -0.25) is 0 Å². The average molecular weight is 325 g/mol. The van der Waals surface area contributed by atoms with Crippen molar-refractivity contribution >= 4 is 5.95 Å². The number of alkyl halides is 3. The van der Waals surface area contributed by atoms with E-state index in [4.69, 9.17) is 0 Å². The Bertz CT molecular complexity index is 674. The third kappa shape index (κ3) is 3.30. The SMILES string of the molecule is CC(C)c1nccn1CC1CN(c2nccc(C(F)(F)F)n2)C1. The maximum Gasteiger partial charge on any atom is 0.433 e. The van der Waals surface area contributed by atoms with Gasteiger partial charge in [0.1, 0.15) is 11.5 Å². The third-order valence-corrected chi connectivity index (χ3v) is 3.89. The van der Waals surface area contributed by atoms with Crippen molar-refractivity contribution in [2.24, 2.45) is 5.92 Å².